The SMILES string of the molecule is CCN1CCN(C(=O)c2nc(C(C)C)ncc2NN)CC1. The van der Waals surface area contributed by atoms with E-state index >= 15 is 0 Å². The standard InChI is InChI=1S/C14H24N6O/c1-4-19-5-7-20(8-6-19)14(21)12-11(18-15)9-16-13(17-12)10(2)3/h9-10,18H,4-8,15H2,1-3H3. The topological polar surface area (TPSA) is 87.4 Å². The van der Waals surface area contributed by atoms with E-state index in [0.29, 0.717) is 17.2 Å². The fourth-order valence-electron chi connectivity index (χ4n) is 2.36. The molecule has 7 heteroatoms. The lowest BCUT2D eigenvalue weighted by Crippen LogP contribution is -2.48. The van der Waals surface area contributed by atoms with Crippen molar-refractivity contribution in [3.63, 3.8) is 0 Å². The van der Waals surface area contributed by atoms with Gasteiger partial charge in [0, 0.05) is 32.1 Å². The molecule has 21 heavy (non-hydrogen) atoms. The molecule has 3 N–H and O–H groups in total. The zero-order chi connectivity index (χ0) is 15.4. The van der Waals surface area contributed by atoms with Crippen LogP contribution >= 0.6 is 0 Å². The lowest BCUT2D eigenvalue weighted by molar-refractivity contribution is 0.0638. The molecule has 0 unspecified atom stereocenters. The summed E-state index contributed by atoms with van der Waals surface area (Å²) in [5.41, 5.74) is 3.36. The maximum atomic E-state index is 12.7. The lowest BCUT2D eigenvalue weighted by Gasteiger charge is -2.34. The molecule has 1 aliphatic heterocycles. The Kier molecular flexibility index (Phi) is 5.08. The minimum absolute atomic E-state index is 0.0806. The van der Waals surface area contributed by atoms with Gasteiger partial charge in [0.15, 0.2) is 5.69 Å². The molecule has 116 valence electrons. The molecular weight excluding hydrogens is 268 g/mol. The largest absolute Gasteiger partial charge is 0.335 e. The van der Waals surface area contributed by atoms with Gasteiger partial charge in [0.05, 0.1) is 11.9 Å². The third kappa shape index (κ3) is 3.48. The van der Waals surface area contributed by atoms with Gasteiger partial charge in [-0.3, -0.25) is 10.6 Å². The second-order valence-corrected chi connectivity index (χ2v) is 5.52. The van der Waals surface area contributed by atoms with Crippen LogP contribution in [-0.2, 0) is 0 Å². The van der Waals surface area contributed by atoms with E-state index in [1.807, 2.05) is 18.7 Å². The molecular formula is C14H24N6O. The number of aromatic nitrogens is 2. The van der Waals surface area contributed by atoms with Crippen molar-refractivity contribution in [2.75, 3.05) is 38.1 Å². The second kappa shape index (κ2) is 6.82. The van der Waals surface area contributed by atoms with E-state index in [0.717, 1.165) is 32.7 Å². The summed E-state index contributed by atoms with van der Waals surface area (Å²) in [6.45, 7) is 10.4. The third-order valence-electron chi connectivity index (χ3n) is 3.79. The zero-order valence-corrected chi connectivity index (χ0v) is 13.0. The molecule has 0 aromatic carbocycles. The van der Waals surface area contributed by atoms with Crippen LogP contribution in [0, 0.1) is 0 Å². The van der Waals surface area contributed by atoms with Crippen LogP contribution in [0.15, 0.2) is 6.20 Å². The summed E-state index contributed by atoms with van der Waals surface area (Å²) in [6, 6.07) is 0. The van der Waals surface area contributed by atoms with Crippen LogP contribution in [-0.4, -0.2) is 58.4 Å². The average Bonchev–Trinajstić information content (AvgIpc) is 2.53. The molecule has 0 spiro atoms. The minimum atomic E-state index is -0.0806. The van der Waals surface area contributed by atoms with Gasteiger partial charge in [-0.25, -0.2) is 9.97 Å². The van der Waals surface area contributed by atoms with Gasteiger partial charge in [-0.2, -0.15) is 0 Å². The first-order valence-electron chi connectivity index (χ1n) is 7.42. The van der Waals surface area contributed by atoms with Crippen LogP contribution in [0.4, 0.5) is 5.69 Å². The van der Waals surface area contributed by atoms with Gasteiger partial charge in [-0.15, -0.1) is 0 Å². The zero-order valence-electron chi connectivity index (χ0n) is 13.0. The van der Waals surface area contributed by atoms with Gasteiger partial charge in [0.1, 0.15) is 5.82 Å². The number of nitrogens with two attached hydrogens (primary N) is 1. The molecule has 0 atom stereocenters. The number of rotatable bonds is 4. The van der Waals surface area contributed by atoms with Crippen LogP contribution in [0.25, 0.3) is 0 Å². The van der Waals surface area contributed by atoms with Crippen molar-refractivity contribution in [2.24, 2.45) is 5.84 Å². The monoisotopic (exact) mass is 292 g/mol. The Bertz CT molecular complexity index is 496. The Morgan fingerprint density at radius 1 is 1.38 bits per heavy atom. The number of likely N-dealkylation sites (N-methyl/N-ethyl adjacent to an activating group) is 1. The van der Waals surface area contributed by atoms with Crippen LogP contribution in [0.3, 0.4) is 0 Å². The number of piperazine rings is 1. The highest BCUT2D eigenvalue weighted by molar-refractivity contribution is 5.97. The van der Waals surface area contributed by atoms with Crippen molar-refractivity contribution in [2.45, 2.75) is 26.7 Å². The van der Waals surface area contributed by atoms with Gasteiger partial charge < -0.3 is 15.2 Å². The fraction of sp³-hybridized carbons (Fsp3) is 0.643. The van der Waals surface area contributed by atoms with Gasteiger partial charge in [-0.05, 0) is 6.54 Å². The Morgan fingerprint density at radius 3 is 2.57 bits per heavy atom. The third-order valence-corrected chi connectivity index (χ3v) is 3.79. The Hall–Kier alpha value is -1.73. The molecule has 2 rings (SSSR count). The first-order valence-corrected chi connectivity index (χ1v) is 7.42. The molecule has 1 aliphatic rings. The number of carbonyl (C=O) groups excluding carboxylic acids is 1. The van der Waals surface area contributed by atoms with E-state index in [-0.39, 0.29) is 11.8 Å². The molecule has 0 radical (unpaired) electrons. The van der Waals surface area contributed by atoms with E-state index in [2.05, 4.69) is 27.2 Å². The molecule has 1 amide bonds. The van der Waals surface area contributed by atoms with E-state index in [4.69, 9.17) is 5.84 Å². The summed E-state index contributed by atoms with van der Waals surface area (Å²) >= 11 is 0. The predicted octanol–water partition coefficient (Wildman–Crippen LogP) is 0.663. The maximum absolute atomic E-state index is 12.7. The van der Waals surface area contributed by atoms with Crippen molar-refractivity contribution >= 4 is 11.6 Å². The molecule has 1 aromatic heterocycles. The number of hydrogen-bond acceptors (Lipinski definition) is 6. The molecule has 0 aliphatic carbocycles. The van der Waals surface area contributed by atoms with Crippen molar-refractivity contribution < 1.29 is 4.79 Å². The fourth-order valence-corrected chi connectivity index (χ4v) is 2.36. The van der Waals surface area contributed by atoms with Crippen molar-refractivity contribution in [1.82, 2.24) is 19.8 Å². The van der Waals surface area contributed by atoms with Gasteiger partial charge >= 0.3 is 0 Å². The first kappa shape index (κ1) is 15.7. The average molecular weight is 292 g/mol. The highest BCUT2D eigenvalue weighted by Crippen LogP contribution is 2.18. The Balaban J connectivity index is 2.20. The molecule has 0 saturated carbocycles. The Morgan fingerprint density at radius 2 is 2.05 bits per heavy atom. The molecule has 1 fully saturated rings. The summed E-state index contributed by atoms with van der Waals surface area (Å²) in [6.07, 6.45) is 1.58. The second-order valence-electron chi connectivity index (χ2n) is 5.52. The van der Waals surface area contributed by atoms with Crippen LogP contribution < -0.4 is 11.3 Å². The quantitative estimate of drug-likeness (QED) is 0.626. The summed E-state index contributed by atoms with van der Waals surface area (Å²) in [5, 5.41) is 0. The van der Waals surface area contributed by atoms with E-state index < -0.39 is 0 Å². The number of nitrogens with one attached hydrogen (secondary N) is 1. The predicted molar refractivity (Wildman–Crippen MR) is 81.9 cm³/mol. The Labute approximate surface area is 125 Å². The first-order chi connectivity index (χ1) is 10.1. The number of amides is 1. The summed E-state index contributed by atoms with van der Waals surface area (Å²) in [5.74, 6) is 6.22. The number of carbonyl (C=O) groups is 1. The number of nitrogens with zero attached hydrogens (tertiary/aromatic N) is 4. The minimum Gasteiger partial charge on any atom is -0.335 e. The van der Waals surface area contributed by atoms with Crippen LogP contribution in [0.5, 0.6) is 0 Å². The molecule has 1 aromatic rings. The summed E-state index contributed by atoms with van der Waals surface area (Å²) in [7, 11) is 0. The van der Waals surface area contributed by atoms with Gasteiger partial charge in [0.2, 0.25) is 0 Å². The van der Waals surface area contributed by atoms with Crippen molar-refractivity contribution in [3.8, 4) is 0 Å². The number of anilines is 1. The van der Waals surface area contributed by atoms with Crippen molar-refractivity contribution in [3.05, 3.63) is 17.7 Å². The highest BCUT2D eigenvalue weighted by atomic mass is 16.2. The highest BCUT2D eigenvalue weighted by Gasteiger charge is 2.25. The molecule has 1 saturated heterocycles. The van der Waals surface area contributed by atoms with Gasteiger partial charge in [0.25, 0.3) is 5.91 Å². The van der Waals surface area contributed by atoms with E-state index in [1.54, 1.807) is 6.20 Å². The number of hydrazine groups is 1. The van der Waals surface area contributed by atoms with Crippen LogP contribution in [0.1, 0.15) is 43.0 Å². The number of nitrogen functional groups attached to an aromatic ring is 1. The lowest BCUT2D eigenvalue weighted by atomic mass is 10.2. The van der Waals surface area contributed by atoms with E-state index in [1.165, 1.54) is 0 Å². The molecule has 2 heterocycles. The molecule has 7 nitrogen and oxygen atoms in total. The maximum Gasteiger partial charge on any atom is 0.274 e. The van der Waals surface area contributed by atoms with Crippen LogP contribution in [0.2, 0.25) is 0 Å². The van der Waals surface area contributed by atoms with Gasteiger partial charge in [-0.1, -0.05) is 20.8 Å². The normalized spacial score (nSPS) is 16.3. The smallest absolute Gasteiger partial charge is 0.274 e. The number of hydrogen-bond donors (Lipinski definition) is 2. The summed E-state index contributed by atoms with van der Waals surface area (Å²) < 4.78 is 0. The van der Waals surface area contributed by atoms with Crippen molar-refractivity contribution in [1.29, 1.82) is 0 Å². The summed E-state index contributed by atoms with van der Waals surface area (Å²) in [4.78, 5) is 25.5. The molecule has 0 bridgehead atoms. The van der Waals surface area contributed by atoms with E-state index in [9.17, 15) is 4.79 Å².